The molecule has 4 heteroatoms. The van der Waals surface area contributed by atoms with Crippen molar-refractivity contribution in [2.75, 3.05) is 14.2 Å². The second-order valence-electron chi connectivity index (χ2n) is 4.49. The third-order valence-corrected chi connectivity index (χ3v) is 3.03. The van der Waals surface area contributed by atoms with Gasteiger partial charge in [-0.25, -0.2) is 0 Å². The Balaban J connectivity index is 2.74. The molecule has 0 fully saturated rings. The minimum absolute atomic E-state index is 0.0570. The largest absolute Gasteiger partial charge is 0.497 e. The Morgan fingerprint density at radius 2 is 1.63 bits per heavy atom. The number of carbonyl (C=O) groups is 2. The van der Waals surface area contributed by atoms with Gasteiger partial charge in [0.25, 0.3) is 0 Å². The molecule has 0 atom stereocenters. The van der Waals surface area contributed by atoms with E-state index >= 15 is 0 Å². The fraction of sp³-hybridized carbons (Fsp3) is 0.467. The second kappa shape index (κ2) is 6.92. The number of aryl methyl sites for hydroxylation is 2. The van der Waals surface area contributed by atoms with Crippen LogP contribution in [-0.4, -0.2) is 26.0 Å². The molecule has 0 aliphatic heterocycles. The van der Waals surface area contributed by atoms with Gasteiger partial charge in [0.05, 0.1) is 14.2 Å². The fourth-order valence-electron chi connectivity index (χ4n) is 2.10. The molecule has 0 bridgehead atoms. The standard InChI is InChI=1S/C15H20O4/c1-10-8-12(18-3)9-11(2)15(10)13(16)6-5-7-14(17)19-4/h8-9H,5-7H2,1-4H3. The minimum atomic E-state index is -0.282. The van der Waals surface area contributed by atoms with Crippen molar-refractivity contribution >= 4 is 11.8 Å². The molecule has 0 unspecified atom stereocenters. The van der Waals surface area contributed by atoms with Crippen molar-refractivity contribution in [3.8, 4) is 5.75 Å². The summed E-state index contributed by atoms with van der Waals surface area (Å²) in [5, 5.41) is 0. The van der Waals surface area contributed by atoms with Gasteiger partial charge in [0.1, 0.15) is 5.75 Å². The second-order valence-corrected chi connectivity index (χ2v) is 4.49. The van der Waals surface area contributed by atoms with Crippen LogP contribution in [0.5, 0.6) is 5.75 Å². The highest BCUT2D eigenvalue weighted by atomic mass is 16.5. The molecule has 0 aromatic heterocycles. The summed E-state index contributed by atoms with van der Waals surface area (Å²) >= 11 is 0. The molecule has 4 nitrogen and oxygen atoms in total. The van der Waals surface area contributed by atoms with Gasteiger partial charge in [0, 0.05) is 18.4 Å². The van der Waals surface area contributed by atoms with Crippen molar-refractivity contribution in [2.24, 2.45) is 0 Å². The summed E-state index contributed by atoms with van der Waals surface area (Å²) in [6.07, 6.45) is 1.13. The van der Waals surface area contributed by atoms with E-state index in [1.807, 2.05) is 26.0 Å². The topological polar surface area (TPSA) is 52.6 Å². The zero-order chi connectivity index (χ0) is 14.4. The average molecular weight is 264 g/mol. The molecule has 0 heterocycles. The smallest absolute Gasteiger partial charge is 0.305 e. The van der Waals surface area contributed by atoms with Crippen molar-refractivity contribution in [3.63, 3.8) is 0 Å². The van der Waals surface area contributed by atoms with Crippen LogP contribution in [0.15, 0.2) is 12.1 Å². The van der Waals surface area contributed by atoms with Gasteiger partial charge in [-0.15, -0.1) is 0 Å². The summed E-state index contributed by atoms with van der Waals surface area (Å²) < 4.78 is 9.71. The maximum Gasteiger partial charge on any atom is 0.305 e. The van der Waals surface area contributed by atoms with Gasteiger partial charge in [-0.05, 0) is 43.5 Å². The van der Waals surface area contributed by atoms with Crippen LogP contribution in [-0.2, 0) is 9.53 Å². The Morgan fingerprint density at radius 1 is 1.05 bits per heavy atom. The maximum absolute atomic E-state index is 12.2. The summed E-state index contributed by atoms with van der Waals surface area (Å²) in [6.45, 7) is 3.78. The van der Waals surface area contributed by atoms with Gasteiger partial charge in [-0.2, -0.15) is 0 Å². The maximum atomic E-state index is 12.2. The van der Waals surface area contributed by atoms with E-state index in [1.165, 1.54) is 7.11 Å². The van der Waals surface area contributed by atoms with Crippen LogP contribution in [0.25, 0.3) is 0 Å². The Bertz CT molecular complexity index is 454. The van der Waals surface area contributed by atoms with Gasteiger partial charge >= 0.3 is 5.97 Å². The van der Waals surface area contributed by atoms with Gasteiger partial charge < -0.3 is 9.47 Å². The molecule has 0 N–H and O–H groups in total. The molecular formula is C15H20O4. The first-order valence-electron chi connectivity index (χ1n) is 6.24. The summed E-state index contributed by atoms with van der Waals surface area (Å²) in [6, 6.07) is 3.70. The first kappa shape index (κ1) is 15.2. The molecule has 0 amide bonds. The van der Waals surface area contributed by atoms with Crippen molar-refractivity contribution in [3.05, 3.63) is 28.8 Å². The normalized spacial score (nSPS) is 10.1. The van der Waals surface area contributed by atoms with Crippen LogP contribution in [0.1, 0.15) is 40.7 Å². The number of rotatable bonds is 6. The van der Waals surface area contributed by atoms with E-state index in [9.17, 15) is 9.59 Å². The Labute approximate surface area is 113 Å². The number of Topliss-reactive ketones (excluding diaryl/α,β-unsaturated/α-hetero) is 1. The molecule has 1 aromatic carbocycles. The molecule has 0 saturated carbocycles. The number of ketones is 1. The first-order chi connectivity index (χ1) is 8.99. The summed E-state index contributed by atoms with van der Waals surface area (Å²) in [7, 11) is 2.95. The lowest BCUT2D eigenvalue weighted by atomic mass is 9.96. The van der Waals surface area contributed by atoms with Crippen molar-refractivity contribution in [1.29, 1.82) is 0 Å². The van der Waals surface area contributed by atoms with Gasteiger partial charge in [-0.3, -0.25) is 9.59 Å². The van der Waals surface area contributed by atoms with E-state index in [0.29, 0.717) is 12.8 Å². The first-order valence-corrected chi connectivity index (χ1v) is 6.24. The predicted octanol–water partition coefficient (Wildman–Crippen LogP) is 2.84. The lowest BCUT2D eigenvalue weighted by molar-refractivity contribution is -0.140. The molecule has 0 aliphatic carbocycles. The van der Waals surface area contributed by atoms with Crippen LogP contribution in [0, 0.1) is 13.8 Å². The molecule has 19 heavy (non-hydrogen) atoms. The Kier molecular flexibility index (Phi) is 5.55. The van der Waals surface area contributed by atoms with E-state index < -0.39 is 0 Å². The summed E-state index contributed by atoms with van der Waals surface area (Å²) in [4.78, 5) is 23.2. The summed E-state index contributed by atoms with van der Waals surface area (Å²) in [5.41, 5.74) is 2.53. The van der Waals surface area contributed by atoms with E-state index in [0.717, 1.165) is 22.4 Å². The SMILES string of the molecule is COC(=O)CCCC(=O)c1c(C)cc(OC)cc1C. The number of ether oxygens (including phenoxy) is 2. The van der Waals surface area contributed by atoms with Crippen LogP contribution in [0.3, 0.4) is 0 Å². The summed E-state index contributed by atoms with van der Waals surface area (Å²) in [5.74, 6) is 0.527. The van der Waals surface area contributed by atoms with Gasteiger partial charge in [-0.1, -0.05) is 0 Å². The minimum Gasteiger partial charge on any atom is -0.497 e. The number of esters is 1. The predicted molar refractivity (Wildman–Crippen MR) is 72.7 cm³/mol. The van der Waals surface area contributed by atoms with E-state index in [2.05, 4.69) is 4.74 Å². The van der Waals surface area contributed by atoms with E-state index in [4.69, 9.17) is 4.74 Å². The zero-order valence-corrected chi connectivity index (χ0v) is 11.9. The number of carbonyl (C=O) groups excluding carboxylic acids is 2. The van der Waals surface area contributed by atoms with Crippen LogP contribution in [0.4, 0.5) is 0 Å². The van der Waals surface area contributed by atoms with Gasteiger partial charge in [0.15, 0.2) is 5.78 Å². The molecule has 0 saturated heterocycles. The number of benzene rings is 1. The monoisotopic (exact) mass is 264 g/mol. The van der Waals surface area contributed by atoms with Crippen LogP contribution in [0.2, 0.25) is 0 Å². The molecule has 0 spiro atoms. The molecule has 1 rings (SSSR count). The highest BCUT2D eigenvalue weighted by Crippen LogP contribution is 2.23. The third-order valence-electron chi connectivity index (χ3n) is 3.03. The van der Waals surface area contributed by atoms with Crippen molar-refractivity contribution in [1.82, 2.24) is 0 Å². The lowest BCUT2D eigenvalue weighted by Crippen LogP contribution is -2.07. The number of hydrogen-bond acceptors (Lipinski definition) is 4. The van der Waals surface area contributed by atoms with Crippen LogP contribution >= 0.6 is 0 Å². The average Bonchev–Trinajstić information content (AvgIpc) is 2.37. The molecule has 104 valence electrons. The fourth-order valence-corrected chi connectivity index (χ4v) is 2.10. The zero-order valence-electron chi connectivity index (χ0n) is 11.9. The van der Waals surface area contributed by atoms with Crippen molar-refractivity contribution < 1.29 is 19.1 Å². The highest BCUT2D eigenvalue weighted by molar-refractivity contribution is 5.99. The number of methoxy groups -OCH3 is 2. The highest BCUT2D eigenvalue weighted by Gasteiger charge is 2.14. The quantitative estimate of drug-likeness (QED) is 0.585. The Morgan fingerprint density at radius 3 is 2.11 bits per heavy atom. The van der Waals surface area contributed by atoms with E-state index in [-0.39, 0.29) is 18.2 Å². The molecular weight excluding hydrogens is 244 g/mol. The molecule has 0 radical (unpaired) electrons. The lowest BCUT2D eigenvalue weighted by Gasteiger charge is -2.11. The Hall–Kier alpha value is -1.84. The third kappa shape index (κ3) is 4.09. The van der Waals surface area contributed by atoms with Gasteiger partial charge in [0.2, 0.25) is 0 Å². The number of hydrogen-bond donors (Lipinski definition) is 0. The van der Waals surface area contributed by atoms with Crippen molar-refractivity contribution in [2.45, 2.75) is 33.1 Å². The molecule has 1 aromatic rings. The molecule has 0 aliphatic rings. The van der Waals surface area contributed by atoms with Crippen LogP contribution < -0.4 is 4.74 Å². The van der Waals surface area contributed by atoms with E-state index in [1.54, 1.807) is 7.11 Å².